The van der Waals surface area contributed by atoms with E-state index in [4.69, 9.17) is 14.7 Å². The van der Waals surface area contributed by atoms with Crippen molar-refractivity contribution in [1.29, 1.82) is 0 Å². The van der Waals surface area contributed by atoms with Crippen molar-refractivity contribution in [3.05, 3.63) is 29.6 Å². The predicted molar refractivity (Wildman–Crippen MR) is 131 cm³/mol. The first-order chi connectivity index (χ1) is 15.7. The molecule has 0 spiro atoms. The number of ether oxygens (including phenoxy) is 1. The Kier molecular flexibility index (Phi) is 6.98. The fraction of sp³-hybridized carbons (Fsp3) is 0.615. The third kappa shape index (κ3) is 5.88. The van der Waals surface area contributed by atoms with Gasteiger partial charge in [0.05, 0.1) is 6.54 Å². The zero-order chi connectivity index (χ0) is 23.6. The standard InChI is InChI=1S/C26H37N5O2/c1-26(2,3)15-19(32)16-31(5)25-21-9-6-10-22(21)28-24(29-25)23-14-20(11-12-27-23)33-17-18-8-7-13-30(18)4/h11-12,14,18H,6-10,13,15-17H2,1-5H3/t18-/m1/s1. The molecule has 0 aromatic carbocycles. The zero-order valence-corrected chi connectivity index (χ0v) is 20.7. The van der Waals surface area contributed by atoms with Crippen molar-refractivity contribution in [1.82, 2.24) is 19.9 Å². The van der Waals surface area contributed by atoms with Crippen LogP contribution in [0.1, 0.15) is 57.7 Å². The van der Waals surface area contributed by atoms with E-state index in [9.17, 15) is 4.79 Å². The summed E-state index contributed by atoms with van der Waals surface area (Å²) in [5.74, 6) is 2.47. The number of aromatic nitrogens is 3. The monoisotopic (exact) mass is 451 g/mol. The molecule has 2 aliphatic rings. The summed E-state index contributed by atoms with van der Waals surface area (Å²) < 4.78 is 6.10. The Morgan fingerprint density at radius 1 is 1.24 bits per heavy atom. The molecule has 7 heteroatoms. The second kappa shape index (κ2) is 9.75. The number of Topliss-reactive ketones (excluding diaryl/α,β-unsaturated/α-hetero) is 1. The molecule has 1 fully saturated rings. The first kappa shape index (κ1) is 23.6. The van der Waals surface area contributed by atoms with Crippen LogP contribution in [0.25, 0.3) is 11.5 Å². The molecular formula is C26H37N5O2. The van der Waals surface area contributed by atoms with E-state index in [0.717, 1.165) is 43.1 Å². The molecular weight excluding hydrogens is 414 g/mol. The molecule has 1 aliphatic heterocycles. The van der Waals surface area contributed by atoms with Gasteiger partial charge in [-0.15, -0.1) is 0 Å². The van der Waals surface area contributed by atoms with Gasteiger partial charge < -0.3 is 14.5 Å². The molecule has 2 aromatic heterocycles. The molecule has 0 unspecified atom stereocenters. The number of carbonyl (C=O) groups is 1. The predicted octanol–water partition coefficient (Wildman–Crippen LogP) is 3.94. The highest BCUT2D eigenvalue weighted by atomic mass is 16.5. The molecule has 33 heavy (non-hydrogen) atoms. The summed E-state index contributed by atoms with van der Waals surface area (Å²) in [6.07, 6.45) is 7.66. The SMILES string of the molecule is CN(CC(=O)CC(C)(C)C)c1nc(-c2cc(OC[C@H]3CCCN3C)ccn2)nc2c1CCC2. The van der Waals surface area contributed by atoms with E-state index in [1.165, 1.54) is 18.4 Å². The molecule has 7 nitrogen and oxygen atoms in total. The molecule has 4 rings (SSSR count). The highest BCUT2D eigenvalue weighted by Crippen LogP contribution is 2.31. The van der Waals surface area contributed by atoms with Crippen LogP contribution in [0.15, 0.2) is 18.3 Å². The van der Waals surface area contributed by atoms with Crippen LogP contribution in [-0.4, -0.2) is 65.5 Å². The number of ketones is 1. The topological polar surface area (TPSA) is 71.5 Å². The first-order valence-corrected chi connectivity index (χ1v) is 12.1. The van der Waals surface area contributed by atoms with Gasteiger partial charge in [-0.3, -0.25) is 9.78 Å². The van der Waals surface area contributed by atoms with E-state index >= 15 is 0 Å². The lowest BCUT2D eigenvalue weighted by Crippen LogP contribution is -2.30. The Morgan fingerprint density at radius 3 is 2.79 bits per heavy atom. The van der Waals surface area contributed by atoms with Crippen LogP contribution >= 0.6 is 0 Å². The number of likely N-dealkylation sites (tertiary alicyclic amines) is 1. The van der Waals surface area contributed by atoms with Gasteiger partial charge in [0, 0.05) is 43.0 Å². The van der Waals surface area contributed by atoms with Crippen LogP contribution in [0.4, 0.5) is 5.82 Å². The Labute approximate surface area is 197 Å². The Morgan fingerprint density at radius 2 is 2.06 bits per heavy atom. The van der Waals surface area contributed by atoms with Gasteiger partial charge in [-0.2, -0.15) is 0 Å². The lowest BCUT2D eigenvalue weighted by molar-refractivity contribution is -0.119. The summed E-state index contributed by atoms with van der Waals surface area (Å²) in [7, 11) is 4.11. The van der Waals surface area contributed by atoms with Crippen molar-refractivity contribution in [2.24, 2.45) is 5.41 Å². The number of hydrogen-bond acceptors (Lipinski definition) is 7. The van der Waals surface area contributed by atoms with E-state index in [2.05, 4.69) is 37.7 Å². The average Bonchev–Trinajstić information content (AvgIpc) is 3.38. The van der Waals surface area contributed by atoms with Gasteiger partial charge >= 0.3 is 0 Å². The van der Waals surface area contributed by atoms with Gasteiger partial charge in [0.2, 0.25) is 0 Å². The van der Waals surface area contributed by atoms with Crippen molar-refractivity contribution < 1.29 is 9.53 Å². The van der Waals surface area contributed by atoms with Crippen LogP contribution in [0, 0.1) is 5.41 Å². The highest BCUT2D eigenvalue weighted by molar-refractivity contribution is 5.84. The fourth-order valence-electron chi connectivity index (χ4n) is 4.84. The van der Waals surface area contributed by atoms with Gasteiger partial charge in [0.1, 0.15) is 23.9 Å². The normalized spacial score (nSPS) is 18.4. The number of carbonyl (C=O) groups excluding carboxylic acids is 1. The lowest BCUT2D eigenvalue weighted by atomic mass is 9.90. The Hall–Kier alpha value is -2.54. The smallest absolute Gasteiger partial charge is 0.180 e. The minimum Gasteiger partial charge on any atom is -0.492 e. The third-order valence-corrected chi connectivity index (χ3v) is 6.49. The van der Waals surface area contributed by atoms with E-state index < -0.39 is 0 Å². The minimum absolute atomic E-state index is 0.0195. The average molecular weight is 452 g/mol. The van der Waals surface area contributed by atoms with Crippen molar-refractivity contribution in [3.63, 3.8) is 0 Å². The maximum atomic E-state index is 12.6. The van der Waals surface area contributed by atoms with Gasteiger partial charge in [0.25, 0.3) is 0 Å². The number of rotatable bonds is 8. The molecule has 0 bridgehead atoms. The summed E-state index contributed by atoms with van der Waals surface area (Å²) in [5.41, 5.74) is 2.93. The Balaban J connectivity index is 1.54. The molecule has 1 aliphatic carbocycles. The van der Waals surface area contributed by atoms with Crippen molar-refractivity contribution in [2.45, 2.75) is 65.3 Å². The third-order valence-electron chi connectivity index (χ3n) is 6.49. The molecule has 1 saturated heterocycles. The Bertz CT molecular complexity index is 1000. The number of fused-ring (bicyclic) bond motifs is 1. The van der Waals surface area contributed by atoms with Crippen molar-refractivity contribution in [3.8, 4) is 17.3 Å². The first-order valence-electron chi connectivity index (χ1n) is 12.1. The lowest BCUT2D eigenvalue weighted by Gasteiger charge is -2.23. The van der Waals surface area contributed by atoms with E-state index in [0.29, 0.717) is 37.1 Å². The summed E-state index contributed by atoms with van der Waals surface area (Å²) >= 11 is 0. The quantitative estimate of drug-likeness (QED) is 0.602. The minimum atomic E-state index is -0.0195. The summed E-state index contributed by atoms with van der Waals surface area (Å²) in [6.45, 7) is 8.44. The van der Waals surface area contributed by atoms with Gasteiger partial charge in [0.15, 0.2) is 11.6 Å². The summed E-state index contributed by atoms with van der Waals surface area (Å²) in [4.78, 5) is 31.2. The molecule has 3 heterocycles. The fourth-order valence-corrected chi connectivity index (χ4v) is 4.84. The van der Waals surface area contributed by atoms with Crippen LogP contribution in [-0.2, 0) is 17.6 Å². The number of nitrogens with zero attached hydrogens (tertiary/aromatic N) is 5. The number of hydrogen-bond donors (Lipinski definition) is 0. The van der Waals surface area contributed by atoms with Crippen molar-refractivity contribution in [2.75, 3.05) is 38.7 Å². The molecule has 0 amide bonds. The van der Waals surface area contributed by atoms with Gasteiger partial charge in [-0.05, 0) is 57.2 Å². The van der Waals surface area contributed by atoms with Crippen LogP contribution in [0.2, 0.25) is 0 Å². The maximum Gasteiger partial charge on any atom is 0.180 e. The second-order valence-corrected chi connectivity index (χ2v) is 10.7. The second-order valence-electron chi connectivity index (χ2n) is 10.7. The molecule has 0 N–H and O–H groups in total. The van der Waals surface area contributed by atoms with E-state index in [1.807, 2.05) is 24.1 Å². The molecule has 0 saturated carbocycles. The van der Waals surface area contributed by atoms with Crippen LogP contribution in [0.5, 0.6) is 5.75 Å². The van der Waals surface area contributed by atoms with Crippen LogP contribution < -0.4 is 9.64 Å². The largest absolute Gasteiger partial charge is 0.492 e. The molecule has 1 atom stereocenters. The molecule has 178 valence electrons. The van der Waals surface area contributed by atoms with Gasteiger partial charge in [-0.25, -0.2) is 9.97 Å². The summed E-state index contributed by atoms with van der Waals surface area (Å²) in [6, 6.07) is 4.29. The summed E-state index contributed by atoms with van der Waals surface area (Å²) in [5, 5.41) is 0. The molecule has 2 aromatic rings. The zero-order valence-electron chi connectivity index (χ0n) is 20.7. The van der Waals surface area contributed by atoms with Gasteiger partial charge in [-0.1, -0.05) is 20.8 Å². The van der Waals surface area contributed by atoms with Crippen LogP contribution in [0.3, 0.4) is 0 Å². The maximum absolute atomic E-state index is 12.6. The molecule has 0 radical (unpaired) electrons. The number of anilines is 1. The van der Waals surface area contributed by atoms with Crippen molar-refractivity contribution >= 4 is 11.6 Å². The highest BCUT2D eigenvalue weighted by Gasteiger charge is 2.25. The van der Waals surface area contributed by atoms with E-state index in [-0.39, 0.29) is 11.2 Å². The number of aryl methyl sites for hydroxylation is 1. The number of likely N-dealkylation sites (N-methyl/N-ethyl adjacent to an activating group) is 2. The number of pyridine rings is 1. The van der Waals surface area contributed by atoms with E-state index in [1.54, 1.807) is 6.20 Å².